The first-order chi connectivity index (χ1) is 31.4. The zero-order valence-electron chi connectivity index (χ0n) is 36.9. The third kappa shape index (κ3) is 6.91. The number of aliphatic hydroxyl groups excluding tert-OH is 1. The Balaban J connectivity index is 1.08. The normalized spacial score (nSPS) is 23.6. The molecule has 0 unspecified atom stereocenters. The number of para-hydroxylation sites is 4. The molecule has 334 valence electrons. The molecule has 0 saturated carbocycles. The van der Waals surface area contributed by atoms with E-state index in [0.717, 1.165) is 24.0 Å². The summed E-state index contributed by atoms with van der Waals surface area (Å²) in [5.41, 5.74) is 3.34. The predicted molar refractivity (Wildman–Crippen MR) is 244 cm³/mol. The van der Waals surface area contributed by atoms with Gasteiger partial charge in [0.25, 0.3) is 17.7 Å². The van der Waals surface area contributed by atoms with E-state index in [1.165, 1.54) is 0 Å². The Morgan fingerprint density at radius 1 is 0.800 bits per heavy atom. The number of nitrogens with zero attached hydrogens (tertiary/aromatic N) is 4. The molecule has 10 rings (SSSR count). The number of hydrogen-bond acceptors (Lipinski definition) is 9. The van der Waals surface area contributed by atoms with Gasteiger partial charge in [-0.2, -0.15) is 0 Å². The zero-order valence-corrected chi connectivity index (χ0v) is 36.9. The largest absolute Gasteiger partial charge is 0.497 e. The van der Waals surface area contributed by atoms with Crippen LogP contribution in [0.4, 0.5) is 28.4 Å². The first kappa shape index (κ1) is 42.3. The summed E-state index contributed by atoms with van der Waals surface area (Å²) in [6, 6.07) is 35.6. The topological polar surface area (TPSA) is 138 Å². The monoisotopic (exact) mass is 876 g/mol. The fraction of sp³-hybridized carbons (Fsp3) is 0.346. The van der Waals surface area contributed by atoms with Crippen LogP contribution in [0, 0.1) is 11.8 Å². The van der Waals surface area contributed by atoms with Crippen molar-refractivity contribution in [3.63, 3.8) is 0 Å². The van der Waals surface area contributed by atoms with Crippen molar-refractivity contribution in [3.8, 4) is 17.2 Å². The van der Waals surface area contributed by atoms with Crippen molar-refractivity contribution in [2.75, 3.05) is 48.2 Å². The number of ether oxygens (including phenoxy) is 4. The number of amides is 4. The van der Waals surface area contributed by atoms with Crippen molar-refractivity contribution in [3.05, 3.63) is 132 Å². The molecule has 13 heteroatoms. The van der Waals surface area contributed by atoms with E-state index in [9.17, 15) is 19.5 Å². The average molecular weight is 877 g/mol. The van der Waals surface area contributed by atoms with Gasteiger partial charge in [-0.1, -0.05) is 69.3 Å². The van der Waals surface area contributed by atoms with Gasteiger partial charge in [-0.05, 0) is 96.1 Å². The molecule has 0 aromatic heterocycles. The maximum atomic E-state index is 15.8. The lowest BCUT2D eigenvalue weighted by molar-refractivity contribution is -0.150. The highest BCUT2D eigenvalue weighted by molar-refractivity contribution is 6.10. The summed E-state index contributed by atoms with van der Waals surface area (Å²) in [6.45, 7) is 6.70. The Morgan fingerprint density at radius 3 is 2.05 bits per heavy atom. The van der Waals surface area contributed by atoms with Crippen molar-refractivity contribution >= 4 is 52.1 Å². The molecule has 0 aliphatic carbocycles. The second-order valence-corrected chi connectivity index (χ2v) is 18.2. The molecule has 5 aromatic carbocycles. The van der Waals surface area contributed by atoms with Gasteiger partial charge in [0.2, 0.25) is 5.91 Å². The van der Waals surface area contributed by atoms with Crippen LogP contribution in [0.5, 0.6) is 17.2 Å². The molecule has 1 spiro atoms. The molecule has 4 amide bonds. The van der Waals surface area contributed by atoms with Gasteiger partial charge >= 0.3 is 0 Å². The first-order valence-corrected chi connectivity index (χ1v) is 22.3. The predicted octanol–water partition coefficient (Wildman–Crippen LogP) is 7.55. The van der Waals surface area contributed by atoms with Gasteiger partial charge in [0, 0.05) is 35.3 Å². The number of anilines is 5. The smallest absolute Gasteiger partial charge is 0.269 e. The van der Waals surface area contributed by atoms with Crippen LogP contribution < -0.4 is 28.9 Å². The molecule has 5 atom stereocenters. The van der Waals surface area contributed by atoms with Crippen LogP contribution in [0.2, 0.25) is 0 Å². The van der Waals surface area contributed by atoms with Crippen molar-refractivity contribution in [1.29, 1.82) is 0 Å². The maximum Gasteiger partial charge on any atom is 0.269 e. The van der Waals surface area contributed by atoms with E-state index in [1.54, 1.807) is 26.7 Å². The molecule has 2 fully saturated rings. The Hall–Kier alpha value is -6.70. The second-order valence-electron chi connectivity index (χ2n) is 18.2. The highest BCUT2D eigenvalue weighted by atomic mass is 16.5. The van der Waals surface area contributed by atoms with Crippen LogP contribution >= 0.6 is 0 Å². The van der Waals surface area contributed by atoms with Crippen LogP contribution in [0.3, 0.4) is 0 Å². The SMILES string of the molecule is COc1ccc(C(C)(C)[C@H]2[C@H](CC(=O)N3CCC[C@H]3CO)O[C@@]3(C(=O)N(Cc4ccc(N5C(=O)COc6ccccc65)cc4)c4ccc(N5C(=O)COc6ccccc65)cc43)[C@@H]2C)cc1. The second kappa shape index (κ2) is 16.4. The Morgan fingerprint density at radius 2 is 1.42 bits per heavy atom. The molecule has 0 radical (unpaired) electrons. The third-order valence-electron chi connectivity index (χ3n) is 14.3. The van der Waals surface area contributed by atoms with Gasteiger partial charge in [0.05, 0.1) is 55.9 Å². The van der Waals surface area contributed by atoms with Gasteiger partial charge in [0.1, 0.15) is 17.2 Å². The average Bonchev–Trinajstić information content (AvgIpc) is 3.99. The summed E-state index contributed by atoms with van der Waals surface area (Å²) in [5, 5.41) is 10.2. The van der Waals surface area contributed by atoms with Crippen LogP contribution in [0.15, 0.2) is 115 Å². The number of rotatable bonds is 10. The lowest BCUT2D eigenvalue weighted by atomic mass is 9.63. The van der Waals surface area contributed by atoms with Crippen molar-refractivity contribution in [2.24, 2.45) is 11.8 Å². The maximum absolute atomic E-state index is 15.8. The standard InChI is InChI=1S/C52H52N4O9/c1-32-49(51(2,3)34-17-22-38(62-4)23-18-34)45(27-46(58)53-25-9-10-37(53)29-57)65-52(32)39-26-36(56-42-12-6-8-14-44(42)64-31-48(56)60)21-24-40(39)54(50(52)61)28-33-15-19-35(20-16-33)55-41-11-5-7-13-43(41)63-30-47(55)59/h5-8,11-24,26,32,37,45,49,57H,9-10,25,27-31H2,1-4H3/t32-,37+,45+,49-,52+/m1/s1. The van der Waals surface area contributed by atoms with E-state index in [2.05, 4.69) is 13.8 Å². The summed E-state index contributed by atoms with van der Waals surface area (Å²) in [7, 11) is 1.63. The van der Waals surface area contributed by atoms with Crippen molar-refractivity contribution in [1.82, 2.24) is 4.90 Å². The Bertz CT molecular complexity index is 2690. The number of carbonyl (C=O) groups excluding carboxylic acids is 4. The zero-order chi connectivity index (χ0) is 45.2. The van der Waals surface area contributed by atoms with E-state index < -0.39 is 23.0 Å². The minimum atomic E-state index is -1.56. The van der Waals surface area contributed by atoms with Crippen molar-refractivity contribution < 1.29 is 43.2 Å². The molecular weight excluding hydrogens is 825 g/mol. The van der Waals surface area contributed by atoms with Gasteiger partial charge in [-0.15, -0.1) is 0 Å². The fourth-order valence-electron chi connectivity index (χ4n) is 11.1. The molecule has 2 saturated heterocycles. The first-order valence-electron chi connectivity index (χ1n) is 22.3. The van der Waals surface area contributed by atoms with Crippen LogP contribution in [-0.4, -0.2) is 79.3 Å². The number of benzene rings is 5. The van der Waals surface area contributed by atoms with E-state index in [0.29, 0.717) is 57.8 Å². The third-order valence-corrected chi connectivity index (χ3v) is 14.3. The minimum Gasteiger partial charge on any atom is -0.497 e. The van der Waals surface area contributed by atoms with Gasteiger partial charge < -0.3 is 33.9 Å². The summed E-state index contributed by atoms with van der Waals surface area (Å²) in [6.07, 6.45) is 0.816. The van der Waals surface area contributed by atoms with E-state index >= 15 is 4.79 Å². The fourth-order valence-corrected chi connectivity index (χ4v) is 11.1. The van der Waals surface area contributed by atoms with Gasteiger partial charge in [-0.25, -0.2) is 0 Å². The number of likely N-dealkylation sites (tertiary alicyclic amines) is 1. The summed E-state index contributed by atoms with van der Waals surface area (Å²) in [4.78, 5) is 63.9. The quantitative estimate of drug-likeness (QED) is 0.151. The summed E-state index contributed by atoms with van der Waals surface area (Å²) >= 11 is 0. The van der Waals surface area contributed by atoms with Crippen LogP contribution in [0.1, 0.15) is 56.7 Å². The molecule has 5 heterocycles. The van der Waals surface area contributed by atoms with Crippen LogP contribution in [0.25, 0.3) is 0 Å². The molecule has 5 aliphatic rings. The lowest BCUT2D eigenvalue weighted by Gasteiger charge is -2.39. The number of aliphatic hydroxyl groups is 1. The number of fused-ring (bicyclic) bond motifs is 4. The molecule has 13 nitrogen and oxygen atoms in total. The van der Waals surface area contributed by atoms with E-state index in [-0.39, 0.29) is 68.4 Å². The molecule has 5 aromatic rings. The highest BCUT2D eigenvalue weighted by Crippen LogP contribution is 2.61. The highest BCUT2D eigenvalue weighted by Gasteiger charge is 2.66. The number of hydrogen-bond donors (Lipinski definition) is 1. The molecule has 0 bridgehead atoms. The van der Waals surface area contributed by atoms with Gasteiger partial charge in [-0.3, -0.25) is 29.0 Å². The molecule has 5 aliphatic heterocycles. The van der Waals surface area contributed by atoms with Gasteiger partial charge in [0.15, 0.2) is 18.8 Å². The number of carbonyl (C=O) groups is 4. The number of methoxy groups -OCH3 is 1. The minimum absolute atomic E-state index is 0.00925. The molecule has 1 N–H and O–H groups in total. The summed E-state index contributed by atoms with van der Waals surface area (Å²) < 4.78 is 24.4. The lowest BCUT2D eigenvalue weighted by Crippen LogP contribution is -2.46. The van der Waals surface area contributed by atoms with Crippen LogP contribution in [-0.2, 0) is 41.5 Å². The molecule has 65 heavy (non-hydrogen) atoms. The van der Waals surface area contributed by atoms with Crippen molar-refractivity contribution in [2.45, 2.75) is 69.7 Å². The van der Waals surface area contributed by atoms with E-state index in [4.69, 9.17) is 18.9 Å². The Kier molecular flexibility index (Phi) is 10.6. The molecular formula is C52H52N4O9. The van der Waals surface area contributed by atoms with E-state index in [1.807, 2.05) is 122 Å². The Labute approximate surface area is 378 Å². The summed E-state index contributed by atoms with van der Waals surface area (Å²) in [5.74, 6) is 0.202.